The number of hydrogen-bond acceptors (Lipinski definition) is 26. The molecule has 26 nitrogen and oxygen atoms in total. The van der Waals surface area contributed by atoms with Gasteiger partial charge in [-0.05, 0) is 146 Å². The molecule has 4 aromatic carbocycles. The van der Waals surface area contributed by atoms with E-state index in [0.717, 1.165) is 255 Å². The Labute approximate surface area is 653 Å². The van der Waals surface area contributed by atoms with Crippen molar-refractivity contribution in [3.63, 3.8) is 0 Å². The quantitative estimate of drug-likeness (QED) is 0.120. The predicted octanol–water partition coefficient (Wildman–Crippen LogP) is 10.1. The molecule has 0 aliphatic carbocycles. The summed E-state index contributed by atoms with van der Waals surface area (Å²) in [6.07, 6.45) is 22.1. The molecule has 4 aliphatic heterocycles. The Bertz CT molecular complexity index is 3250. The van der Waals surface area contributed by atoms with Gasteiger partial charge in [-0.2, -0.15) is 0 Å². The van der Waals surface area contributed by atoms with Crippen molar-refractivity contribution in [1.29, 1.82) is 0 Å². The van der Waals surface area contributed by atoms with Crippen LogP contribution in [0.25, 0.3) is 0 Å². The van der Waals surface area contributed by atoms with Crippen molar-refractivity contribution in [2.75, 3.05) is 251 Å². The van der Waals surface area contributed by atoms with Gasteiger partial charge in [-0.25, -0.2) is 39.9 Å². The largest absolute Gasteiger partial charge is 0.385 e. The fraction of sp³-hybridized carbons (Fsp3) is 0.524. The minimum atomic E-state index is 0.534. The molecule has 4 N–H and O–H groups in total. The fourth-order valence-corrected chi connectivity index (χ4v) is 14.0. The van der Waals surface area contributed by atoms with Crippen LogP contribution >= 0.6 is 0 Å². The lowest BCUT2D eigenvalue weighted by atomic mass is 10.1. The summed E-state index contributed by atoms with van der Waals surface area (Å²) in [4.78, 5) is 57.8. The number of nitrogens with zero attached hydrogens (tertiary/aromatic N) is 16. The Morgan fingerprint density at radius 1 is 0.218 bits per heavy atom. The molecule has 2 saturated heterocycles. The number of nitrogens with one attached hydrogen (secondary N) is 4. The zero-order valence-corrected chi connectivity index (χ0v) is 64.9. The summed E-state index contributed by atoms with van der Waals surface area (Å²) in [5.41, 5.74) is 9.52. The number of fused-ring (bicyclic) bond motifs is 38. The molecule has 110 heavy (non-hydrogen) atoms. The molecule has 4 unspecified atom stereocenters. The molecular weight excluding hydrogens is 1390 g/mol. The van der Waals surface area contributed by atoms with Crippen LogP contribution in [0.2, 0.25) is 0 Å². The molecule has 4 aromatic heterocycles. The van der Waals surface area contributed by atoms with E-state index in [-0.39, 0.29) is 0 Å². The standard InChI is InChI=1S/C84H120N20O6/c1-17-73-65-77(21-1)85-33-9-53-105-57-61-109-62-58-106-54-10-34-87-79-23-3-19-75(67-79)71-99-39-15-43-104(84-95-31-8-32-96-84)52-48-100(40-16-44-103(51-47-99)83-93-29-7-30-94-83)72-76-20-4-24-80(68-76)88-36-12-56-108-60-64-110-63-59-107-55-11-35-86-78-22-2-18-74(66-78)70-98-38-14-42-101(81-89-25-5-26-90-81)49-45-97(69-73)37-13-41-102(50-46-98)82-91-27-6-28-92-82/h1-8,17-32,65-68,85-88H,9-16,33-64,69-72H2. The molecule has 0 amide bonds. The minimum absolute atomic E-state index is 0.534. The number of aromatic nitrogens is 8. The van der Waals surface area contributed by atoms with E-state index in [9.17, 15) is 0 Å². The minimum Gasteiger partial charge on any atom is -0.385 e. The molecule has 4 aliphatic rings. The van der Waals surface area contributed by atoms with Crippen LogP contribution in [0, 0.1) is 0 Å². The summed E-state index contributed by atoms with van der Waals surface area (Å²) in [5, 5.41) is 14.6. The lowest BCUT2D eigenvalue weighted by Gasteiger charge is -2.32. The van der Waals surface area contributed by atoms with Crippen LogP contribution in [0.3, 0.4) is 0 Å². The smallest absolute Gasteiger partial charge is 0.225 e. The SMILES string of the molecule is c1cnc(N2CCCN3CCN(c4ncccn4)CCCN(CC2)Cc2cccc(c2)NCCCOCCOCCOCCCNc2cccc(c2)CN2CCCN(c4ncccn4)CCN(CCCN(c4ncccn4)CC2)Cc2cccc(c2)NCCCOCCOCCOCCCNc2cccc(c2)C3)nc1. The molecule has 12 bridgehead atoms. The summed E-state index contributed by atoms with van der Waals surface area (Å²) in [7, 11) is 0. The highest BCUT2D eigenvalue weighted by Crippen LogP contribution is 2.22. The number of rotatable bonds is 4. The molecule has 2 fully saturated rings. The molecule has 4 atom stereocenters. The summed E-state index contributed by atoms with van der Waals surface area (Å²) in [5.74, 6) is 3.08. The number of anilines is 8. The second kappa shape index (κ2) is 49.5. The average molecular weight is 1510 g/mol. The van der Waals surface area contributed by atoms with Crippen molar-refractivity contribution < 1.29 is 28.4 Å². The maximum Gasteiger partial charge on any atom is 0.225 e. The van der Waals surface area contributed by atoms with E-state index in [1.807, 2.05) is 73.8 Å². The molecule has 8 aromatic rings. The molecule has 12 rings (SSSR count). The van der Waals surface area contributed by atoms with Gasteiger partial charge in [0.25, 0.3) is 0 Å². The molecule has 8 heterocycles. The zero-order valence-electron chi connectivity index (χ0n) is 64.9. The molecule has 592 valence electrons. The van der Waals surface area contributed by atoms with E-state index in [1.165, 1.54) is 22.3 Å². The van der Waals surface area contributed by atoms with Gasteiger partial charge in [0.2, 0.25) is 23.8 Å². The van der Waals surface area contributed by atoms with Crippen molar-refractivity contribution in [3.8, 4) is 0 Å². The van der Waals surface area contributed by atoms with Gasteiger partial charge in [-0.15, -0.1) is 0 Å². The van der Waals surface area contributed by atoms with Crippen LogP contribution in [0.5, 0.6) is 0 Å². The van der Waals surface area contributed by atoms with Crippen molar-refractivity contribution in [2.24, 2.45) is 0 Å². The first kappa shape index (κ1) is 82.2. The van der Waals surface area contributed by atoms with E-state index in [0.29, 0.717) is 79.3 Å². The normalized spacial score (nSPS) is 21.3. The highest BCUT2D eigenvalue weighted by molar-refractivity contribution is 5.48. The highest BCUT2D eigenvalue weighted by atomic mass is 16.5. The Kier molecular flexibility index (Phi) is 36.9. The third-order valence-electron chi connectivity index (χ3n) is 19.7. The summed E-state index contributed by atoms with van der Waals surface area (Å²) < 4.78 is 35.7. The number of benzene rings is 4. The van der Waals surface area contributed by atoms with Crippen molar-refractivity contribution >= 4 is 46.5 Å². The maximum atomic E-state index is 5.99. The Morgan fingerprint density at radius 3 is 0.664 bits per heavy atom. The highest BCUT2D eigenvalue weighted by Gasteiger charge is 2.22. The van der Waals surface area contributed by atoms with Crippen LogP contribution in [0.4, 0.5) is 46.5 Å². The molecule has 26 heteroatoms. The first-order valence-corrected chi connectivity index (χ1v) is 40.3. The van der Waals surface area contributed by atoms with Crippen molar-refractivity contribution in [2.45, 2.75) is 77.5 Å². The first-order chi connectivity index (χ1) is 54.6. The van der Waals surface area contributed by atoms with Crippen LogP contribution in [0.15, 0.2) is 171 Å². The van der Waals surface area contributed by atoms with Gasteiger partial charge in [0.15, 0.2) is 0 Å². The Morgan fingerprint density at radius 2 is 0.436 bits per heavy atom. The molecule has 0 spiro atoms. The molecule has 0 radical (unpaired) electrons. The summed E-state index contributed by atoms with van der Waals surface area (Å²) in [6.45, 7) is 27.1. The molecule has 0 saturated carbocycles. The second-order valence-corrected chi connectivity index (χ2v) is 28.3. The Hall–Kier alpha value is -8.80. The van der Waals surface area contributed by atoms with Crippen molar-refractivity contribution in [1.82, 2.24) is 59.5 Å². The van der Waals surface area contributed by atoms with Gasteiger partial charge < -0.3 is 69.3 Å². The van der Waals surface area contributed by atoms with Crippen LogP contribution in [-0.2, 0) is 54.6 Å². The third kappa shape index (κ3) is 31.2. The van der Waals surface area contributed by atoms with Crippen molar-refractivity contribution in [3.05, 3.63) is 193 Å². The van der Waals surface area contributed by atoms with E-state index in [1.54, 1.807) is 0 Å². The van der Waals surface area contributed by atoms with Crippen LogP contribution in [0.1, 0.15) is 73.6 Å². The van der Waals surface area contributed by atoms with Gasteiger partial charge in [0.05, 0.1) is 52.9 Å². The van der Waals surface area contributed by atoms with Gasteiger partial charge in [0, 0.05) is 256 Å². The lowest BCUT2D eigenvalue weighted by molar-refractivity contribution is 0.0145. The van der Waals surface area contributed by atoms with Gasteiger partial charge >= 0.3 is 0 Å². The topological polar surface area (TPSA) is 233 Å². The number of ether oxygens (including phenoxy) is 6. The Balaban J connectivity index is 0.684. The monoisotopic (exact) mass is 1500 g/mol. The predicted molar refractivity (Wildman–Crippen MR) is 440 cm³/mol. The maximum absolute atomic E-state index is 5.99. The third-order valence-corrected chi connectivity index (χ3v) is 19.7. The van der Waals surface area contributed by atoms with E-state index >= 15 is 0 Å². The van der Waals surface area contributed by atoms with Gasteiger partial charge in [-0.1, -0.05) is 48.5 Å². The first-order valence-electron chi connectivity index (χ1n) is 40.3. The van der Waals surface area contributed by atoms with Gasteiger partial charge in [-0.3, -0.25) is 19.6 Å². The zero-order chi connectivity index (χ0) is 75.2. The van der Waals surface area contributed by atoms with E-state index in [2.05, 4.69) is 158 Å². The number of hydrogen-bond donors (Lipinski definition) is 4. The summed E-state index contributed by atoms with van der Waals surface area (Å²) in [6, 6.07) is 43.0. The van der Waals surface area contributed by atoms with Crippen LogP contribution in [-0.4, -0.2) is 270 Å². The molecular formula is C84H120N20O6. The van der Waals surface area contributed by atoms with Gasteiger partial charge in [0.1, 0.15) is 0 Å². The lowest BCUT2D eigenvalue weighted by Crippen LogP contribution is -2.41. The second-order valence-electron chi connectivity index (χ2n) is 28.3. The van der Waals surface area contributed by atoms with E-state index < -0.39 is 0 Å². The van der Waals surface area contributed by atoms with E-state index in [4.69, 9.17) is 68.3 Å². The van der Waals surface area contributed by atoms with Crippen LogP contribution < -0.4 is 40.9 Å². The fourth-order valence-electron chi connectivity index (χ4n) is 14.0. The average Bonchev–Trinajstić information content (AvgIpc) is 0.872. The summed E-state index contributed by atoms with van der Waals surface area (Å²) >= 11 is 0.